The summed E-state index contributed by atoms with van der Waals surface area (Å²) in [6.45, 7) is 3.77. The first kappa shape index (κ1) is 15.4. The van der Waals surface area contributed by atoms with Gasteiger partial charge >= 0.3 is 0 Å². The quantitative estimate of drug-likeness (QED) is 0.860. The van der Waals surface area contributed by atoms with Crippen LogP contribution in [0.3, 0.4) is 0 Å². The number of phenolic OH excluding ortho intramolecular Hbond substituents is 1. The molecular weight excluding hydrogens is 294 g/mol. The third-order valence-corrected chi connectivity index (χ3v) is 3.85. The molecule has 0 unspecified atom stereocenters. The standard InChI is InChI=1S/C18H19NO4/c20-12-15-3-6-17(11-18(15)21)23-13-14-1-4-16(5-2-14)19-7-9-22-10-8-19/h1-6,11-12,21H,7-10,13H2. The summed E-state index contributed by atoms with van der Waals surface area (Å²) in [6, 6.07) is 12.9. The first-order valence-corrected chi connectivity index (χ1v) is 7.59. The lowest BCUT2D eigenvalue weighted by Gasteiger charge is -2.28. The van der Waals surface area contributed by atoms with E-state index in [1.54, 1.807) is 12.1 Å². The van der Waals surface area contributed by atoms with Gasteiger partial charge in [-0.3, -0.25) is 4.79 Å². The lowest BCUT2D eigenvalue weighted by atomic mass is 10.2. The first-order chi connectivity index (χ1) is 11.3. The van der Waals surface area contributed by atoms with Crippen LogP contribution >= 0.6 is 0 Å². The summed E-state index contributed by atoms with van der Waals surface area (Å²) in [5, 5.41) is 9.64. The summed E-state index contributed by atoms with van der Waals surface area (Å²) < 4.78 is 11.0. The average Bonchev–Trinajstić information content (AvgIpc) is 2.61. The SMILES string of the molecule is O=Cc1ccc(OCc2ccc(N3CCOCC3)cc2)cc1O. The van der Waals surface area contributed by atoms with Crippen molar-refractivity contribution in [1.29, 1.82) is 0 Å². The number of carbonyl (C=O) groups is 1. The van der Waals surface area contributed by atoms with Gasteiger partial charge in [0, 0.05) is 24.8 Å². The number of anilines is 1. The molecule has 0 spiro atoms. The third-order valence-electron chi connectivity index (χ3n) is 3.85. The molecule has 0 radical (unpaired) electrons. The van der Waals surface area contributed by atoms with Crippen LogP contribution in [0.1, 0.15) is 15.9 Å². The second-order valence-corrected chi connectivity index (χ2v) is 5.39. The molecule has 2 aromatic rings. The summed E-state index contributed by atoms with van der Waals surface area (Å²) >= 11 is 0. The van der Waals surface area contributed by atoms with Crippen molar-refractivity contribution in [3.8, 4) is 11.5 Å². The van der Waals surface area contributed by atoms with Crippen LogP contribution in [0.2, 0.25) is 0 Å². The van der Waals surface area contributed by atoms with Gasteiger partial charge in [0.2, 0.25) is 0 Å². The van der Waals surface area contributed by atoms with Gasteiger partial charge in [-0.15, -0.1) is 0 Å². The van der Waals surface area contributed by atoms with Crippen LogP contribution in [0.15, 0.2) is 42.5 Å². The normalized spacial score (nSPS) is 14.5. The van der Waals surface area contributed by atoms with Crippen molar-refractivity contribution in [2.45, 2.75) is 6.61 Å². The lowest BCUT2D eigenvalue weighted by molar-refractivity contribution is 0.112. The molecule has 1 fully saturated rings. The van der Waals surface area contributed by atoms with E-state index >= 15 is 0 Å². The van der Waals surface area contributed by atoms with Crippen LogP contribution in [0, 0.1) is 0 Å². The molecule has 0 bridgehead atoms. The maximum atomic E-state index is 10.7. The Hall–Kier alpha value is -2.53. The molecule has 1 aliphatic rings. The highest BCUT2D eigenvalue weighted by Gasteiger charge is 2.10. The Morgan fingerprint density at radius 1 is 1.13 bits per heavy atom. The molecule has 0 aromatic heterocycles. The van der Waals surface area contributed by atoms with Gasteiger partial charge in [-0.2, -0.15) is 0 Å². The zero-order valence-corrected chi connectivity index (χ0v) is 12.8. The second-order valence-electron chi connectivity index (χ2n) is 5.39. The second kappa shape index (κ2) is 7.15. The molecule has 0 aliphatic carbocycles. The van der Waals surface area contributed by atoms with E-state index in [-0.39, 0.29) is 11.3 Å². The Morgan fingerprint density at radius 2 is 1.87 bits per heavy atom. The predicted molar refractivity (Wildman–Crippen MR) is 87.3 cm³/mol. The fourth-order valence-corrected chi connectivity index (χ4v) is 2.50. The van der Waals surface area contributed by atoms with Crippen molar-refractivity contribution < 1.29 is 19.4 Å². The Labute approximate surface area is 135 Å². The molecule has 23 heavy (non-hydrogen) atoms. The minimum atomic E-state index is -0.0693. The number of aldehydes is 1. The van der Waals surface area contributed by atoms with Gasteiger partial charge in [0.25, 0.3) is 0 Å². The number of morpholine rings is 1. The summed E-state index contributed by atoms with van der Waals surface area (Å²) in [5.41, 5.74) is 2.48. The van der Waals surface area contributed by atoms with Crippen molar-refractivity contribution in [3.63, 3.8) is 0 Å². The largest absolute Gasteiger partial charge is 0.507 e. The van der Waals surface area contributed by atoms with E-state index in [2.05, 4.69) is 17.0 Å². The van der Waals surface area contributed by atoms with Gasteiger partial charge in [0.1, 0.15) is 18.1 Å². The molecule has 1 aliphatic heterocycles. The molecule has 0 amide bonds. The van der Waals surface area contributed by atoms with E-state index in [1.807, 2.05) is 12.1 Å². The van der Waals surface area contributed by atoms with Gasteiger partial charge in [-0.25, -0.2) is 0 Å². The van der Waals surface area contributed by atoms with Gasteiger partial charge in [-0.1, -0.05) is 12.1 Å². The highest BCUT2D eigenvalue weighted by Crippen LogP contribution is 2.23. The fraction of sp³-hybridized carbons (Fsp3) is 0.278. The maximum absolute atomic E-state index is 10.7. The molecule has 0 saturated carbocycles. The van der Waals surface area contributed by atoms with Crippen LogP contribution in [-0.2, 0) is 11.3 Å². The number of benzene rings is 2. The number of hydrogen-bond acceptors (Lipinski definition) is 5. The van der Waals surface area contributed by atoms with E-state index in [4.69, 9.17) is 9.47 Å². The van der Waals surface area contributed by atoms with E-state index in [0.717, 1.165) is 31.9 Å². The van der Waals surface area contributed by atoms with E-state index in [9.17, 15) is 9.90 Å². The molecule has 1 heterocycles. The number of ether oxygens (including phenoxy) is 2. The van der Waals surface area contributed by atoms with Gasteiger partial charge in [0.15, 0.2) is 6.29 Å². The number of hydrogen-bond donors (Lipinski definition) is 1. The van der Waals surface area contributed by atoms with E-state index < -0.39 is 0 Å². The molecule has 1 saturated heterocycles. The number of aromatic hydroxyl groups is 1. The predicted octanol–water partition coefficient (Wildman–Crippen LogP) is 2.62. The monoisotopic (exact) mass is 313 g/mol. The van der Waals surface area contributed by atoms with Crippen LogP contribution in [0.4, 0.5) is 5.69 Å². The summed E-state index contributed by atoms with van der Waals surface area (Å²) in [4.78, 5) is 13.0. The zero-order chi connectivity index (χ0) is 16.1. The first-order valence-electron chi connectivity index (χ1n) is 7.59. The summed E-state index contributed by atoms with van der Waals surface area (Å²) in [7, 11) is 0. The van der Waals surface area contributed by atoms with Crippen LogP contribution in [0.25, 0.3) is 0 Å². The molecule has 0 atom stereocenters. The average molecular weight is 313 g/mol. The van der Waals surface area contributed by atoms with Crippen molar-refractivity contribution in [3.05, 3.63) is 53.6 Å². The molecule has 120 valence electrons. The Balaban J connectivity index is 1.60. The number of phenols is 1. The molecule has 5 heteroatoms. The number of rotatable bonds is 5. The van der Waals surface area contributed by atoms with Crippen LogP contribution in [-0.4, -0.2) is 37.7 Å². The zero-order valence-electron chi connectivity index (χ0n) is 12.8. The number of carbonyl (C=O) groups excluding carboxylic acids is 1. The van der Waals surface area contributed by atoms with Gasteiger partial charge in [0.05, 0.1) is 18.8 Å². The van der Waals surface area contributed by atoms with Gasteiger partial charge in [-0.05, 0) is 29.8 Å². The highest BCUT2D eigenvalue weighted by atomic mass is 16.5. The van der Waals surface area contributed by atoms with Crippen LogP contribution in [0.5, 0.6) is 11.5 Å². The van der Waals surface area contributed by atoms with Crippen molar-refractivity contribution >= 4 is 12.0 Å². The lowest BCUT2D eigenvalue weighted by Crippen LogP contribution is -2.36. The molecule has 2 aromatic carbocycles. The topological polar surface area (TPSA) is 59.0 Å². The maximum Gasteiger partial charge on any atom is 0.153 e. The van der Waals surface area contributed by atoms with E-state index in [1.165, 1.54) is 11.8 Å². The Bertz CT molecular complexity index is 663. The van der Waals surface area contributed by atoms with Crippen molar-refractivity contribution in [2.75, 3.05) is 31.2 Å². The fourth-order valence-electron chi connectivity index (χ4n) is 2.50. The minimum Gasteiger partial charge on any atom is -0.507 e. The summed E-state index contributed by atoms with van der Waals surface area (Å²) in [5.74, 6) is 0.463. The molecular formula is C18H19NO4. The smallest absolute Gasteiger partial charge is 0.153 e. The van der Waals surface area contributed by atoms with Crippen molar-refractivity contribution in [2.24, 2.45) is 0 Å². The Kier molecular flexibility index (Phi) is 4.78. The van der Waals surface area contributed by atoms with E-state index in [0.29, 0.717) is 18.6 Å². The Morgan fingerprint density at radius 3 is 2.52 bits per heavy atom. The highest BCUT2D eigenvalue weighted by molar-refractivity contribution is 5.79. The molecule has 3 rings (SSSR count). The molecule has 5 nitrogen and oxygen atoms in total. The van der Waals surface area contributed by atoms with Crippen LogP contribution < -0.4 is 9.64 Å². The van der Waals surface area contributed by atoms with Gasteiger partial charge < -0.3 is 19.5 Å². The summed E-state index contributed by atoms with van der Waals surface area (Å²) in [6.07, 6.45) is 0.615. The van der Waals surface area contributed by atoms with Crippen molar-refractivity contribution in [1.82, 2.24) is 0 Å². The number of nitrogens with zero attached hydrogens (tertiary/aromatic N) is 1. The molecule has 1 N–H and O–H groups in total. The third kappa shape index (κ3) is 3.81. The minimum absolute atomic E-state index is 0.0693.